The lowest BCUT2D eigenvalue weighted by molar-refractivity contribution is -0.0505. The number of halogens is 3. The molecular weight excluding hydrogens is 518 g/mol. The van der Waals surface area contributed by atoms with Crippen LogP contribution in [0.4, 0.5) is 0 Å². The smallest absolute Gasteiger partial charge is 0.228 e. The van der Waals surface area contributed by atoms with E-state index in [0.29, 0.717) is 0 Å². The molecule has 0 aliphatic rings. The third kappa shape index (κ3) is 7.91. The summed E-state index contributed by atoms with van der Waals surface area (Å²) in [5.41, 5.74) is 23.2. The molecule has 136 valence electrons. The molecule has 0 saturated heterocycles. The molecule has 0 fully saturated rings. The van der Waals surface area contributed by atoms with Gasteiger partial charge in [-0.15, -0.1) is 0 Å². The van der Waals surface area contributed by atoms with Crippen LogP contribution in [-0.4, -0.2) is 31.4 Å². The average Bonchev–Trinajstić information content (AvgIpc) is 2.45. The van der Waals surface area contributed by atoms with Crippen molar-refractivity contribution in [3.63, 3.8) is 0 Å². The third-order valence-electron chi connectivity index (χ3n) is 2.95. The van der Waals surface area contributed by atoms with Crippen LogP contribution < -0.4 is 0 Å². The fraction of sp³-hybridized carbons (Fsp3) is 1.00. The Labute approximate surface area is 164 Å². The molecule has 0 spiro atoms. The topological polar surface area (TPSA) is 187 Å². The van der Waals surface area contributed by atoms with Gasteiger partial charge < -0.3 is 10.2 Å². The Balaban J connectivity index is 0. The van der Waals surface area contributed by atoms with E-state index in [0.717, 1.165) is 5.33 Å². The van der Waals surface area contributed by atoms with Gasteiger partial charge in [0.15, 0.2) is 3.42 Å². The monoisotopic (exact) mass is 533 g/mol. The minimum Gasteiger partial charge on any atom is -0.379 e. The first-order valence-electron chi connectivity index (χ1n) is 6.26. The maximum atomic E-state index is 9.74. The van der Waals surface area contributed by atoms with Crippen LogP contribution in [0.25, 0.3) is 31.3 Å². The Morgan fingerprint density at radius 1 is 0.875 bits per heavy atom. The summed E-state index contributed by atoms with van der Waals surface area (Å²) in [6.07, 6.45) is 0. The van der Waals surface area contributed by atoms with Crippen molar-refractivity contribution in [2.45, 2.75) is 37.0 Å². The maximum Gasteiger partial charge on any atom is 0.228 e. The highest BCUT2D eigenvalue weighted by molar-refractivity contribution is 9.25. The zero-order valence-electron chi connectivity index (χ0n) is 13.5. The van der Waals surface area contributed by atoms with Gasteiger partial charge in [-0.2, -0.15) is 0 Å². The largest absolute Gasteiger partial charge is 0.379 e. The molecule has 0 aliphatic heterocycles. The molecule has 0 aromatic rings. The fourth-order valence-electron chi connectivity index (χ4n) is 0.810. The van der Waals surface area contributed by atoms with Gasteiger partial charge in [0.2, 0.25) is 5.85 Å². The second kappa shape index (κ2) is 10.3. The van der Waals surface area contributed by atoms with Gasteiger partial charge in [-0.1, -0.05) is 59.0 Å². The minimum atomic E-state index is -2.30. The van der Waals surface area contributed by atoms with Crippen molar-refractivity contribution in [2.24, 2.45) is 26.2 Å². The van der Waals surface area contributed by atoms with Crippen molar-refractivity contribution < 1.29 is 10.2 Å². The minimum absolute atomic E-state index is 0.183. The van der Waals surface area contributed by atoms with Gasteiger partial charge in [-0.25, -0.2) is 0 Å². The SMILES string of the molecule is CC(C)(CBr)C(O)(Br)Br.CC(C)(CN=[N+]=[N-])C(O)(N=[N+]=[N-])N=[N+]=[N-]. The molecule has 14 heteroatoms. The molecule has 0 amide bonds. The molecule has 0 unspecified atom stereocenters. The van der Waals surface area contributed by atoms with Gasteiger partial charge in [0.25, 0.3) is 0 Å². The van der Waals surface area contributed by atoms with Gasteiger partial charge >= 0.3 is 0 Å². The van der Waals surface area contributed by atoms with E-state index in [1.165, 1.54) is 13.8 Å². The Kier molecular flexibility index (Phi) is 11.0. The van der Waals surface area contributed by atoms with Crippen molar-refractivity contribution in [2.75, 3.05) is 11.9 Å². The number of azide groups is 2. The molecular formula is C10H18Br3N9O2. The van der Waals surface area contributed by atoms with Gasteiger partial charge in [0.05, 0.1) is 0 Å². The lowest BCUT2D eigenvalue weighted by atomic mass is 9.87. The van der Waals surface area contributed by atoms with E-state index >= 15 is 0 Å². The summed E-state index contributed by atoms with van der Waals surface area (Å²) in [6.45, 7) is 6.56. The van der Waals surface area contributed by atoms with Gasteiger partial charge in [-0.05, 0) is 48.5 Å². The molecule has 0 aliphatic carbocycles. The van der Waals surface area contributed by atoms with E-state index < -0.39 is 14.7 Å². The summed E-state index contributed by atoms with van der Waals surface area (Å²) in [7, 11) is 0. The van der Waals surface area contributed by atoms with E-state index in [2.05, 4.69) is 77.9 Å². The quantitative estimate of drug-likeness (QED) is 0.190. The molecule has 2 N–H and O–H groups in total. The molecule has 0 aromatic heterocycles. The predicted octanol–water partition coefficient (Wildman–Crippen LogP) is 5.43. The Bertz CT molecular complexity index is 538. The van der Waals surface area contributed by atoms with E-state index in [1.54, 1.807) is 0 Å². The van der Waals surface area contributed by atoms with Crippen LogP contribution in [0.1, 0.15) is 27.7 Å². The Morgan fingerprint density at radius 2 is 1.29 bits per heavy atom. The molecule has 0 radical (unpaired) electrons. The van der Waals surface area contributed by atoms with Crippen molar-refractivity contribution in [1.29, 1.82) is 0 Å². The standard InChI is InChI=1S/C5H9Br3O.C5H9N9O/c1-4(2,3-6)5(7,8)9;1-4(2,3-9-12-6)5(15,10-13-7)11-14-8/h9H,3H2,1-2H3;15H,3H2,1-2H3. The van der Waals surface area contributed by atoms with Crippen LogP contribution in [0.15, 0.2) is 15.3 Å². The lowest BCUT2D eigenvalue weighted by Gasteiger charge is -2.33. The highest BCUT2D eigenvalue weighted by Crippen LogP contribution is 2.42. The van der Waals surface area contributed by atoms with E-state index in [9.17, 15) is 10.2 Å². The molecule has 24 heavy (non-hydrogen) atoms. The summed E-state index contributed by atoms with van der Waals surface area (Å²) in [5, 5.41) is 29.1. The summed E-state index contributed by atoms with van der Waals surface area (Å²) in [4.78, 5) is 7.25. The number of hydrogen-bond donors (Lipinski definition) is 2. The van der Waals surface area contributed by atoms with Crippen molar-refractivity contribution >= 4 is 47.8 Å². The number of hydrogen-bond acceptors (Lipinski definition) is 5. The molecule has 0 heterocycles. The number of nitrogens with zero attached hydrogens (tertiary/aromatic N) is 9. The summed E-state index contributed by atoms with van der Waals surface area (Å²) in [5.74, 6) is -2.30. The van der Waals surface area contributed by atoms with Gasteiger partial charge in [-0.3, -0.25) is 0 Å². The highest BCUT2D eigenvalue weighted by atomic mass is 79.9. The van der Waals surface area contributed by atoms with Crippen molar-refractivity contribution in [1.82, 2.24) is 0 Å². The van der Waals surface area contributed by atoms with Gasteiger partial charge in [0, 0.05) is 37.4 Å². The van der Waals surface area contributed by atoms with E-state index in [-0.39, 0.29) is 12.0 Å². The van der Waals surface area contributed by atoms with Gasteiger partial charge in [0.1, 0.15) is 0 Å². The Hall–Kier alpha value is -0.710. The molecule has 0 atom stereocenters. The number of alkyl halides is 3. The molecule has 0 saturated carbocycles. The van der Waals surface area contributed by atoms with Crippen LogP contribution in [0.3, 0.4) is 0 Å². The first-order chi connectivity index (χ1) is 10.7. The normalized spacial score (nSPS) is 13.9. The van der Waals surface area contributed by atoms with Crippen LogP contribution in [0, 0.1) is 10.8 Å². The van der Waals surface area contributed by atoms with Crippen molar-refractivity contribution in [3.05, 3.63) is 31.3 Å². The maximum absolute atomic E-state index is 9.74. The molecule has 0 aromatic carbocycles. The zero-order chi connectivity index (χ0) is 19.7. The van der Waals surface area contributed by atoms with E-state index in [1.807, 2.05) is 13.8 Å². The Morgan fingerprint density at radius 3 is 1.50 bits per heavy atom. The highest BCUT2D eigenvalue weighted by Gasteiger charge is 2.42. The zero-order valence-corrected chi connectivity index (χ0v) is 18.2. The average molecular weight is 536 g/mol. The van der Waals surface area contributed by atoms with Crippen LogP contribution in [0.5, 0.6) is 0 Å². The van der Waals surface area contributed by atoms with Crippen LogP contribution in [-0.2, 0) is 0 Å². The van der Waals surface area contributed by atoms with Crippen LogP contribution >= 0.6 is 47.8 Å². The number of rotatable bonds is 7. The summed E-state index contributed by atoms with van der Waals surface area (Å²) >= 11 is 9.49. The first kappa shape index (κ1) is 25.5. The second-order valence-electron chi connectivity index (χ2n) is 5.85. The van der Waals surface area contributed by atoms with E-state index in [4.69, 9.17) is 16.6 Å². The molecule has 0 bridgehead atoms. The lowest BCUT2D eigenvalue weighted by Crippen LogP contribution is -2.42. The fourth-order valence-corrected chi connectivity index (χ4v) is 2.25. The predicted molar refractivity (Wildman–Crippen MR) is 101 cm³/mol. The van der Waals surface area contributed by atoms with Crippen LogP contribution in [0.2, 0.25) is 0 Å². The molecule has 0 rings (SSSR count). The summed E-state index contributed by atoms with van der Waals surface area (Å²) in [6, 6.07) is 0. The van der Waals surface area contributed by atoms with Crippen molar-refractivity contribution in [3.8, 4) is 0 Å². The third-order valence-corrected chi connectivity index (χ3v) is 6.50. The number of aliphatic hydroxyl groups is 2. The summed E-state index contributed by atoms with van der Waals surface area (Å²) < 4.78 is -0.976. The first-order valence-corrected chi connectivity index (χ1v) is 8.97. The molecule has 11 nitrogen and oxygen atoms in total. The second-order valence-corrected chi connectivity index (χ2v) is 9.77.